The molecule has 6 heteroatoms. The number of nitrogens with zero attached hydrogens (tertiary/aromatic N) is 1. The molecule has 100 valence electrons. The molecule has 0 aliphatic rings. The standard InChI is InChI=1S/C13H14N2O3S/c1-19-7-6-11(13(17)18)15-12(16)10-4-2-9(8-14)3-5-10/h2-5,11H,6-7H2,1H3,(H,15,16)(H,17,18)/t11-/m1/s1. The molecule has 1 aromatic carbocycles. The second-order valence-electron chi connectivity index (χ2n) is 3.83. The van der Waals surface area contributed by atoms with Crippen LogP contribution in [0.1, 0.15) is 22.3 Å². The van der Waals surface area contributed by atoms with Gasteiger partial charge in [-0.15, -0.1) is 0 Å². The van der Waals surface area contributed by atoms with E-state index in [4.69, 9.17) is 10.4 Å². The molecular formula is C13H14N2O3S. The van der Waals surface area contributed by atoms with Gasteiger partial charge in [-0.1, -0.05) is 0 Å². The molecule has 5 nitrogen and oxygen atoms in total. The quantitative estimate of drug-likeness (QED) is 0.823. The molecule has 1 aromatic rings. The minimum atomic E-state index is -1.05. The molecule has 0 aliphatic heterocycles. The Morgan fingerprint density at radius 1 is 1.42 bits per heavy atom. The van der Waals surface area contributed by atoms with Gasteiger partial charge in [0.05, 0.1) is 11.6 Å². The zero-order chi connectivity index (χ0) is 14.3. The third-order valence-corrected chi connectivity index (χ3v) is 3.13. The lowest BCUT2D eigenvalue weighted by Gasteiger charge is -2.13. The van der Waals surface area contributed by atoms with E-state index in [1.807, 2.05) is 12.3 Å². The Kier molecular flexibility index (Phi) is 5.90. The van der Waals surface area contributed by atoms with Crippen molar-refractivity contribution in [2.24, 2.45) is 0 Å². The van der Waals surface area contributed by atoms with E-state index in [1.165, 1.54) is 36.0 Å². The van der Waals surface area contributed by atoms with Gasteiger partial charge in [0.1, 0.15) is 6.04 Å². The van der Waals surface area contributed by atoms with Crippen molar-refractivity contribution in [1.82, 2.24) is 5.32 Å². The van der Waals surface area contributed by atoms with Crippen LogP contribution in [0.2, 0.25) is 0 Å². The second-order valence-corrected chi connectivity index (χ2v) is 4.82. The number of nitrogens with one attached hydrogen (secondary N) is 1. The minimum Gasteiger partial charge on any atom is -0.480 e. The number of amides is 1. The van der Waals surface area contributed by atoms with Gasteiger partial charge in [-0.2, -0.15) is 17.0 Å². The van der Waals surface area contributed by atoms with E-state index in [0.717, 1.165) is 0 Å². The first-order valence-electron chi connectivity index (χ1n) is 5.61. The van der Waals surface area contributed by atoms with Crippen LogP contribution in [0.25, 0.3) is 0 Å². The number of carbonyl (C=O) groups is 2. The number of rotatable bonds is 6. The molecule has 0 spiro atoms. The van der Waals surface area contributed by atoms with Gasteiger partial charge in [-0.05, 0) is 42.7 Å². The van der Waals surface area contributed by atoms with Gasteiger partial charge in [-0.25, -0.2) is 4.79 Å². The summed E-state index contributed by atoms with van der Waals surface area (Å²) >= 11 is 1.52. The van der Waals surface area contributed by atoms with Gasteiger partial charge in [0.15, 0.2) is 0 Å². The molecule has 0 fully saturated rings. The first-order valence-corrected chi connectivity index (χ1v) is 7.00. The van der Waals surface area contributed by atoms with Gasteiger partial charge >= 0.3 is 5.97 Å². The first kappa shape index (κ1) is 15.1. The molecule has 0 bridgehead atoms. The number of thioether (sulfide) groups is 1. The van der Waals surface area contributed by atoms with Crippen molar-refractivity contribution >= 4 is 23.6 Å². The average Bonchev–Trinajstić information content (AvgIpc) is 2.43. The summed E-state index contributed by atoms with van der Waals surface area (Å²) < 4.78 is 0. The van der Waals surface area contributed by atoms with Crippen molar-refractivity contribution in [1.29, 1.82) is 5.26 Å². The summed E-state index contributed by atoms with van der Waals surface area (Å²) in [4.78, 5) is 22.9. The van der Waals surface area contributed by atoms with Crippen molar-refractivity contribution in [3.8, 4) is 6.07 Å². The summed E-state index contributed by atoms with van der Waals surface area (Å²) in [6.07, 6.45) is 2.25. The van der Waals surface area contributed by atoms with Gasteiger partial charge in [0.25, 0.3) is 5.91 Å². The first-order chi connectivity index (χ1) is 9.08. The van der Waals surface area contributed by atoms with Gasteiger partial charge < -0.3 is 10.4 Å². The fraction of sp³-hybridized carbons (Fsp3) is 0.308. The van der Waals surface area contributed by atoms with Crippen molar-refractivity contribution in [2.45, 2.75) is 12.5 Å². The monoisotopic (exact) mass is 278 g/mol. The Hall–Kier alpha value is -2.00. The highest BCUT2D eigenvalue weighted by Crippen LogP contribution is 2.06. The lowest BCUT2D eigenvalue weighted by atomic mass is 10.1. The third kappa shape index (κ3) is 4.64. The van der Waals surface area contributed by atoms with Crippen LogP contribution in [-0.2, 0) is 4.79 Å². The number of nitriles is 1. The van der Waals surface area contributed by atoms with Gasteiger partial charge in [-0.3, -0.25) is 4.79 Å². The molecule has 1 rings (SSSR count). The van der Waals surface area contributed by atoms with E-state index < -0.39 is 17.9 Å². The topological polar surface area (TPSA) is 90.2 Å². The number of hydrogen-bond acceptors (Lipinski definition) is 4. The molecule has 0 aromatic heterocycles. The molecular weight excluding hydrogens is 264 g/mol. The van der Waals surface area contributed by atoms with Crippen LogP contribution < -0.4 is 5.32 Å². The van der Waals surface area contributed by atoms with Crippen LogP contribution >= 0.6 is 11.8 Å². The fourth-order valence-corrected chi connectivity index (χ4v) is 1.90. The van der Waals surface area contributed by atoms with E-state index in [0.29, 0.717) is 23.3 Å². The Morgan fingerprint density at radius 2 is 2.05 bits per heavy atom. The predicted octanol–water partition coefficient (Wildman–Crippen LogP) is 1.49. The van der Waals surface area contributed by atoms with Crippen molar-refractivity contribution in [3.05, 3.63) is 35.4 Å². The SMILES string of the molecule is CSCC[C@@H](NC(=O)c1ccc(C#N)cc1)C(=O)O. The van der Waals surface area contributed by atoms with E-state index in [2.05, 4.69) is 5.32 Å². The van der Waals surface area contributed by atoms with Crippen molar-refractivity contribution in [2.75, 3.05) is 12.0 Å². The number of benzene rings is 1. The molecule has 2 N–H and O–H groups in total. The number of aliphatic carboxylic acids is 1. The van der Waals surface area contributed by atoms with E-state index in [9.17, 15) is 9.59 Å². The van der Waals surface area contributed by atoms with Crippen LogP contribution in [-0.4, -0.2) is 35.0 Å². The van der Waals surface area contributed by atoms with Crippen LogP contribution in [0.15, 0.2) is 24.3 Å². The maximum absolute atomic E-state index is 11.9. The van der Waals surface area contributed by atoms with Crippen molar-refractivity contribution in [3.63, 3.8) is 0 Å². The molecule has 0 radical (unpaired) electrons. The molecule has 0 saturated heterocycles. The Bertz CT molecular complexity index is 494. The Labute approximate surface area is 115 Å². The highest BCUT2D eigenvalue weighted by molar-refractivity contribution is 7.98. The van der Waals surface area contributed by atoms with Crippen molar-refractivity contribution < 1.29 is 14.7 Å². The minimum absolute atomic E-state index is 0.342. The maximum atomic E-state index is 11.9. The van der Waals surface area contributed by atoms with Crippen LogP contribution in [0.4, 0.5) is 0 Å². The number of carbonyl (C=O) groups excluding carboxylic acids is 1. The van der Waals surface area contributed by atoms with Crippen LogP contribution in [0, 0.1) is 11.3 Å². The highest BCUT2D eigenvalue weighted by atomic mass is 32.2. The number of carboxylic acid groups (broad SMARTS) is 1. The largest absolute Gasteiger partial charge is 0.480 e. The molecule has 0 heterocycles. The fourth-order valence-electron chi connectivity index (χ4n) is 1.43. The maximum Gasteiger partial charge on any atom is 0.326 e. The second kappa shape index (κ2) is 7.44. The summed E-state index contributed by atoms with van der Waals surface area (Å²) in [7, 11) is 0. The Balaban J connectivity index is 2.70. The molecule has 0 aliphatic carbocycles. The smallest absolute Gasteiger partial charge is 0.326 e. The Morgan fingerprint density at radius 3 is 2.53 bits per heavy atom. The van der Waals surface area contributed by atoms with Crippen LogP contribution in [0.5, 0.6) is 0 Å². The van der Waals surface area contributed by atoms with E-state index >= 15 is 0 Å². The van der Waals surface area contributed by atoms with Crippen LogP contribution in [0.3, 0.4) is 0 Å². The molecule has 19 heavy (non-hydrogen) atoms. The summed E-state index contributed by atoms with van der Waals surface area (Å²) in [5.74, 6) is -0.834. The lowest BCUT2D eigenvalue weighted by Crippen LogP contribution is -2.41. The molecule has 0 unspecified atom stereocenters. The van der Waals surface area contributed by atoms with E-state index in [1.54, 1.807) is 0 Å². The van der Waals surface area contributed by atoms with Gasteiger partial charge in [0.2, 0.25) is 0 Å². The lowest BCUT2D eigenvalue weighted by molar-refractivity contribution is -0.139. The van der Waals surface area contributed by atoms with E-state index in [-0.39, 0.29) is 0 Å². The summed E-state index contributed by atoms with van der Waals surface area (Å²) in [5, 5.41) is 20.1. The number of carboxylic acids is 1. The summed E-state index contributed by atoms with van der Waals surface area (Å²) in [5.41, 5.74) is 0.795. The summed E-state index contributed by atoms with van der Waals surface area (Å²) in [6.45, 7) is 0. The molecule has 1 atom stereocenters. The number of hydrogen-bond donors (Lipinski definition) is 2. The third-order valence-electron chi connectivity index (χ3n) is 2.49. The van der Waals surface area contributed by atoms with Gasteiger partial charge in [0, 0.05) is 5.56 Å². The molecule has 0 saturated carbocycles. The summed E-state index contributed by atoms with van der Waals surface area (Å²) in [6, 6.07) is 7.10. The highest BCUT2D eigenvalue weighted by Gasteiger charge is 2.19. The zero-order valence-corrected chi connectivity index (χ0v) is 11.2. The zero-order valence-electron chi connectivity index (χ0n) is 10.4. The normalized spacial score (nSPS) is 11.4. The predicted molar refractivity (Wildman–Crippen MR) is 73.0 cm³/mol. The molecule has 1 amide bonds. The average molecular weight is 278 g/mol.